The van der Waals surface area contributed by atoms with Crippen molar-refractivity contribution in [3.8, 4) is 0 Å². The van der Waals surface area contributed by atoms with Gasteiger partial charge in [-0.2, -0.15) is 13.2 Å². The summed E-state index contributed by atoms with van der Waals surface area (Å²) < 4.78 is 37.3. The quantitative estimate of drug-likeness (QED) is 0.811. The molecule has 0 bridgehead atoms. The van der Waals surface area contributed by atoms with Crippen LogP contribution in [0.5, 0.6) is 0 Å². The number of hydrogen-bond acceptors (Lipinski definition) is 1. The molecule has 0 aliphatic heterocycles. The van der Waals surface area contributed by atoms with Crippen molar-refractivity contribution in [3.63, 3.8) is 0 Å². The van der Waals surface area contributed by atoms with E-state index < -0.39 is 11.7 Å². The van der Waals surface area contributed by atoms with Gasteiger partial charge in [-0.3, -0.25) is 0 Å². The fraction of sp³-hybridized carbons (Fsp3) is 0.455. The van der Waals surface area contributed by atoms with Gasteiger partial charge in [-0.15, -0.1) is 0 Å². The molecule has 1 N–H and O–H groups in total. The first-order valence-electron chi connectivity index (χ1n) is 4.86. The van der Waals surface area contributed by atoms with Gasteiger partial charge in [0.05, 0.1) is 5.56 Å². The van der Waals surface area contributed by atoms with E-state index in [9.17, 15) is 13.2 Å². The lowest BCUT2D eigenvalue weighted by Crippen LogP contribution is -2.07. The third kappa shape index (κ3) is 3.46. The lowest BCUT2D eigenvalue weighted by molar-refractivity contribution is -0.137. The zero-order valence-corrected chi connectivity index (χ0v) is 8.78. The lowest BCUT2D eigenvalue weighted by Gasteiger charge is -2.11. The molecule has 0 amide bonds. The van der Waals surface area contributed by atoms with Gasteiger partial charge in [0, 0.05) is 12.2 Å². The maximum absolute atomic E-state index is 12.4. The lowest BCUT2D eigenvalue weighted by atomic mass is 10.1. The van der Waals surface area contributed by atoms with E-state index in [4.69, 9.17) is 0 Å². The van der Waals surface area contributed by atoms with Gasteiger partial charge in [0.25, 0.3) is 0 Å². The van der Waals surface area contributed by atoms with E-state index in [1.165, 1.54) is 0 Å². The second kappa shape index (κ2) is 4.55. The number of anilines is 1. The molecule has 1 rings (SSSR count). The first kappa shape index (κ1) is 11.9. The van der Waals surface area contributed by atoms with Crippen LogP contribution < -0.4 is 5.32 Å². The molecule has 0 aliphatic carbocycles. The smallest absolute Gasteiger partial charge is 0.385 e. The summed E-state index contributed by atoms with van der Waals surface area (Å²) in [5.74, 6) is 0. The van der Waals surface area contributed by atoms with Crippen LogP contribution in [0.2, 0.25) is 0 Å². The van der Waals surface area contributed by atoms with Crippen molar-refractivity contribution < 1.29 is 13.2 Å². The Morgan fingerprint density at radius 2 is 1.87 bits per heavy atom. The Labute approximate surface area is 87.3 Å². The summed E-state index contributed by atoms with van der Waals surface area (Å²) in [5, 5.41) is 2.95. The molecule has 15 heavy (non-hydrogen) atoms. The Hall–Kier alpha value is -1.19. The third-order valence-electron chi connectivity index (χ3n) is 1.98. The van der Waals surface area contributed by atoms with Gasteiger partial charge >= 0.3 is 6.18 Å². The number of benzene rings is 1. The van der Waals surface area contributed by atoms with Gasteiger partial charge in [-0.05, 0) is 37.1 Å². The molecule has 4 heteroatoms. The number of halogens is 3. The monoisotopic (exact) mass is 217 g/mol. The molecule has 0 spiro atoms. The van der Waals surface area contributed by atoms with E-state index in [1.54, 1.807) is 13.0 Å². The predicted molar refractivity (Wildman–Crippen MR) is 55.0 cm³/mol. The van der Waals surface area contributed by atoms with E-state index in [0.29, 0.717) is 17.8 Å². The maximum Gasteiger partial charge on any atom is 0.416 e. The van der Waals surface area contributed by atoms with Crippen LogP contribution in [0.1, 0.15) is 24.5 Å². The van der Waals surface area contributed by atoms with Gasteiger partial charge < -0.3 is 5.32 Å². The highest BCUT2D eigenvalue weighted by Gasteiger charge is 2.30. The van der Waals surface area contributed by atoms with Crippen LogP contribution in [0.25, 0.3) is 0 Å². The minimum atomic E-state index is -4.27. The molecule has 1 nitrogen and oxygen atoms in total. The fourth-order valence-corrected chi connectivity index (χ4v) is 1.32. The summed E-state index contributed by atoms with van der Waals surface area (Å²) >= 11 is 0. The van der Waals surface area contributed by atoms with Crippen molar-refractivity contribution in [2.24, 2.45) is 0 Å². The Kier molecular flexibility index (Phi) is 3.61. The van der Waals surface area contributed by atoms with Crippen LogP contribution in [0, 0.1) is 6.92 Å². The first-order chi connectivity index (χ1) is 6.93. The van der Waals surface area contributed by atoms with Gasteiger partial charge in [-0.25, -0.2) is 0 Å². The van der Waals surface area contributed by atoms with E-state index in [1.807, 2.05) is 6.92 Å². The zero-order chi connectivity index (χ0) is 11.5. The molecule has 1 aromatic carbocycles. The highest BCUT2D eigenvalue weighted by atomic mass is 19.4. The van der Waals surface area contributed by atoms with E-state index in [2.05, 4.69) is 5.32 Å². The average molecular weight is 217 g/mol. The van der Waals surface area contributed by atoms with Crippen LogP contribution >= 0.6 is 0 Å². The summed E-state index contributed by atoms with van der Waals surface area (Å²) in [7, 11) is 0. The molecule has 0 atom stereocenters. The van der Waals surface area contributed by atoms with Crippen LogP contribution in [-0.2, 0) is 6.18 Å². The summed E-state index contributed by atoms with van der Waals surface area (Å²) in [4.78, 5) is 0. The Bertz CT molecular complexity index is 331. The summed E-state index contributed by atoms with van der Waals surface area (Å²) in [6.45, 7) is 4.31. The molecule has 0 heterocycles. The summed E-state index contributed by atoms with van der Waals surface area (Å²) in [6, 6.07) is 4.00. The number of hydrogen-bond donors (Lipinski definition) is 1. The zero-order valence-electron chi connectivity index (χ0n) is 8.78. The Balaban J connectivity index is 2.95. The topological polar surface area (TPSA) is 12.0 Å². The molecule has 1 aromatic rings. The van der Waals surface area contributed by atoms with Crippen molar-refractivity contribution in [1.29, 1.82) is 0 Å². The van der Waals surface area contributed by atoms with E-state index >= 15 is 0 Å². The second-order valence-corrected chi connectivity index (χ2v) is 3.51. The minimum Gasteiger partial charge on any atom is -0.385 e. The molecule has 0 unspecified atom stereocenters. The molecule has 0 fully saturated rings. The largest absolute Gasteiger partial charge is 0.416 e. The molecular formula is C11H14F3N. The number of nitrogens with one attached hydrogen (secondary N) is 1. The van der Waals surface area contributed by atoms with Crippen LogP contribution in [-0.4, -0.2) is 6.54 Å². The number of alkyl halides is 3. The normalized spacial score (nSPS) is 11.5. The predicted octanol–water partition coefficient (Wildman–Crippen LogP) is 3.84. The van der Waals surface area contributed by atoms with Crippen molar-refractivity contribution in [1.82, 2.24) is 0 Å². The van der Waals surface area contributed by atoms with E-state index in [-0.39, 0.29) is 0 Å². The Morgan fingerprint density at radius 1 is 1.20 bits per heavy atom. The SMILES string of the molecule is CCCNc1cc(C)cc(C(F)(F)F)c1. The van der Waals surface area contributed by atoms with Crippen LogP contribution in [0.4, 0.5) is 18.9 Å². The Morgan fingerprint density at radius 3 is 2.40 bits per heavy atom. The first-order valence-corrected chi connectivity index (χ1v) is 4.86. The van der Waals surface area contributed by atoms with E-state index in [0.717, 1.165) is 18.6 Å². The van der Waals surface area contributed by atoms with Gasteiger partial charge in [0.15, 0.2) is 0 Å². The highest BCUT2D eigenvalue weighted by molar-refractivity contribution is 5.49. The molecular weight excluding hydrogens is 203 g/mol. The summed E-state index contributed by atoms with van der Waals surface area (Å²) in [5.41, 5.74) is 0.550. The molecule has 0 saturated carbocycles. The molecule has 0 aromatic heterocycles. The van der Waals surface area contributed by atoms with Crippen molar-refractivity contribution in [3.05, 3.63) is 29.3 Å². The van der Waals surface area contributed by atoms with Crippen molar-refractivity contribution in [2.75, 3.05) is 11.9 Å². The van der Waals surface area contributed by atoms with Gasteiger partial charge in [0.2, 0.25) is 0 Å². The van der Waals surface area contributed by atoms with Gasteiger partial charge in [-0.1, -0.05) is 6.92 Å². The molecule has 0 saturated heterocycles. The van der Waals surface area contributed by atoms with Crippen molar-refractivity contribution in [2.45, 2.75) is 26.4 Å². The number of rotatable bonds is 3. The third-order valence-corrected chi connectivity index (χ3v) is 1.98. The highest BCUT2D eigenvalue weighted by Crippen LogP contribution is 2.31. The molecule has 84 valence electrons. The second-order valence-electron chi connectivity index (χ2n) is 3.51. The van der Waals surface area contributed by atoms with Crippen molar-refractivity contribution >= 4 is 5.69 Å². The van der Waals surface area contributed by atoms with Crippen LogP contribution in [0.3, 0.4) is 0 Å². The number of aryl methyl sites for hydroxylation is 1. The van der Waals surface area contributed by atoms with Crippen LogP contribution in [0.15, 0.2) is 18.2 Å². The molecule has 0 aliphatic rings. The summed E-state index contributed by atoms with van der Waals surface area (Å²) in [6.07, 6.45) is -3.38. The van der Waals surface area contributed by atoms with Gasteiger partial charge in [0.1, 0.15) is 0 Å². The fourth-order valence-electron chi connectivity index (χ4n) is 1.32. The maximum atomic E-state index is 12.4. The molecule has 0 radical (unpaired) electrons. The minimum absolute atomic E-state index is 0.532. The standard InChI is InChI=1S/C11H14F3N/c1-3-4-15-10-6-8(2)5-9(7-10)11(12,13)14/h5-7,15H,3-4H2,1-2H3. The average Bonchev–Trinajstić information content (AvgIpc) is 2.12.